The lowest BCUT2D eigenvalue weighted by atomic mass is 9.77. The maximum atomic E-state index is 7.92. The maximum Gasteiger partial charge on any atom is 0.261 e. The molecule has 8 aromatic carbocycles. The predicted octanol–water partition coefficient (Wildman–Crippen LogP) is 13.4. The van der Waals surface area contributed by atoms with Crippen LogP contribution in [-0.2, 0) is 9.96 Å². The molecular weight excluding hydrogens is 899 g/mol. The fourth-order valence-corrected chi connectivity index (χ4v) is 15.5. The SMILES string of the molecule is CC(O[Si](c1ccccc1)(c1ccccc1)C(C)(C)C)C(CCOc1cccc(C(c2ccccc2)c2ccccc2)c1)n1cnc2c(NC(c3ccccc3)(c3ccccc3)c3ccccc3)ncnc21. The van der Waals surface area contributed by atoms with E-state index in [0.29, 0.717) is 30.0 Å². The van der Waals surface area contributed by atoms with Crippen LogP contribution in [-0.4, -0.2) is 40.5 Å². The number of fused-ring (bicyclic) bond motifs is 1. The van der Waals surface area contributed by atoms with Crippen LogP contribution in [0.1, 0.15) is 79.5 Å². The Morgan fingerprint density at radius 3 is 1.47 bits per heavy atom. The number of anilines is 1. The van der Waals surface area contributed by atoms with E-state index in [-0.39, 0.29) is 23.1 Å². The van der Waals surface area contributed by atoms with Crippen molar-refractivity contribution in [2.75, 3.05) is 11.9 Å². The van der Waals surface area contributed by atoms with E-state index in [0.717, 1.165) is 22.4 Å². The van der Waals surface area contributed by atoms with E-state index in [1.54, 1.807) is 6.33 Å². The molecule has 1 N–H and O–H groups in total. The molecule has 0 saturated carbocycles. The summed E-state index contributed by atoms with van der Waals surface area (Å²) in [6.45, 7) is 9.60. The first-order valence-electron chi connectivity index (χ1n) is 25.0. The van der Waals surface area contributed by atoms with Gasteiger partial charge in [0, 0.05) is 12.3 Å². The number of hydrogen-bond acceptors (Lipinski definition) is 6. The lowest BCUT2D eigenvalue weighted by Gasteiger charge is -2.46. The molecule has 0 bridgehead atoms. The minimum absolute atomic E-state index is 0.0489. The largest absolute Gasteiger partial charge is 0.494 e. The van der Waals surface area contributed by atoms with E-state index in [4.69, 9.17) is 24.1 Å². The number of hydrogen-bond donors (Lipinski definition) is 1. The van der Waals surface area contributed by atoms with Gasteiger partial charge < -0.3 is 19.0 Å². The molecule has 0 amide bonds. The summed E-state index contributed by atoms with van der Waals surface area (Å²) in [5.74, 6) is 1.48. The van der Waals surface area contributed by atoms with E-state index in [2.05, 4.69) is 274 Å². The van der Waals surface area contributed by atoms with Gasteiger partial charge in [0.1, 0.15) is 23.1 Å². The van der Waals surface area contributed by atoms with E-state index >= 15 is 0 Å². The molecule has 10 rings (SSSR count). The average molecular weight is 960 g/mol. The number of rotatable bonds is 18. The minimum Gasteiger partial charge on any atom is -0.494 e. The standard InChI is InChI=1S/C64H61N5O2Si/c1-48(71-72(63(2,3)4,56-39-22-10-23-40-56)57-41-24-11-25-42-57)58(43-44-70-55-38-26-31-51(45-55)59(49-27-12-5-13-28-49)50-29-14-6-15-30-50)69-47-67-60-61(65-46-66-62(60)69)68-64(52-32-16-7-17-33-52,53-34-18-8-19-35-53)54-36-20-9-21-37-54/h5-42,45-48,58-59H,43-44H2,1-4H3,(H,65,66,68). The average Bonchev–Trinajstić information content (AvgIpc) is 3.87. The lowest BCUT2D eigenvalue weighted by molar-refractivity contribution is 0.126. The van der Waals surface area contributed by atoms with Gasteiger partial charge in [-0.05, 0) is 67.8 Å². The number of ether oxygens (including phenoxy) is 1. The van der Waals surface area contributed by atoms with Gasteiger partial charge >= 0.3 is 0 Å². The van der Waals surface area contributed by atoms with Crippen molar-refractivity contribution in [1.29, 1.82) is 0 Å². The van der Waals surface area contributed by atoms with E-state index in [1.807, 2.05) is 6.33 Å². The normalized spacial score (nSPS) is 12.9. The van der Waals surface area contributed by atoms with Gasteiger partial charge in [-0.1, -0.05) is 245 Å². The molecule has 0 radical (unpaired) electrons. The highest BCUT2D eigenvalue weighted by molar-refractivity contribution is 6.99. The van der Waals surface area contributed by atoms with E-state index in [1.165, 1.54) is 27.1 Å². The van der Waals surface area contributed by atoms with Crippen LogP contribution >= 0.6 is 0 Å². The summed E-state index contributed by atoms with van der Waals surface area (Å²) in [4.78, 5) is 15.2. The van der Waals surface area contributed by atoms with Crippen molar-refractivity contribution in [2.24, 2.45) is 0 Å². The van der Waals surface area contributed by atoms with Crippen LogP contribution in [0.4, 0.5) is 5.82 Å². The Balaban J connectivity index is 1.06. The monoisotopic (exact) mass is 959 g/mol. The summed E-state index contributed by atoms with van der Waals surface area (Å²) in [5.41, 5.74) is 7.37. The van der Waals surface area contributed by atoms with Crippen molar-refractivity contribution >= 4 is 35.7 Å². The zero-order valence-electron chi connectivity index (χ0n) is 41.4. The Bertz CT molecular complexity index is 3110. The summed E-state index contributed by atoms with van der Waals surface area (Å²) < 4.78 is 17.0. The van der Waals surface area contributed by atoms with Crippen LogP contribution in [0.2, 0.25) is 5.04 Å². The van der Waals surface area contributed by atoms with Gasteiger partial charge in [-0.2, -0.15) is 0 Å². The van der Waals surface area contributed by atoms with Crippen LogP contribution in [0.5, 0.6) is 5.75 Å². The molecule has 0 aliphatic heterocycles. The van der Waals surface area contributed by atoms with E-state index < -0.39 is 13.9 Å². The zero-order chi connectivity index (χ0) is 49.4. The molecular formula is C64H61N5O2Si. The van der Waals surface area contributed by atoms with E-state index in [9.17, 15) is 0 Å². The van der Waals surface area contributed by atoms with Crippen LogP contribution in [0.25, 0.3) is 11.2 Å². The third-order valence-corrected chi connectivity index (χ3v) is 19.2. The highest BCUT2D eigenvalue weighted by atomic mass is 28.4. The lowest BCUT2D eigenvalue weighted by Crippen LogP contribution is -2.68. The second-order valence-electron chi connectivity index (χ2n) is 19.5. The van der Waals surface area contributed by atoms with Crippen molar-refractivity contribution < 1.29 is 9.16 Å². The second kappa shape index (κ2) is 21.2. The Morgan fingerprint density at radius 2 is 0.986 bits per heavy atom. The smallest absolute Gasteiger partial charge is 0.261 e. The Kier molecular flexibility index (Phi) is 14.1. The molecule has 2 atom stereocenters. The molecule has 7 nitrogen and oxygen atoms in total. The summed E-state index contributed by atoms with van der Waals surface area (Å²) in [5, 5.41) is 6.19. The van der Waals surface area contributed by atoms with Crippen molar-refractivity contribution in [3.8, 4) is 5.75 Å². The maximum absolute atomic E-state index is 7.92. The van der Waals surface area contributed by atoms with Crippen molar-refractivity contribution in [3.05, 3.63) is 283 Å². The van der Waals surface area contributed by atoms with Gasteiger partial charge in [-0.3, -0.25) is 0 Å². The molecule has 2 heterocycles. The fraction of sp³-hybridized carbons (Fsp3) is 0.172. The molecule has 0 spiro atoms. The highest BCUT2D eigenvalue weighted by Gasteiger charge is 2.52. The predicted molar refractivity (Wildman–Crippen MR) is 296 cm³/mol. The van der Waals surface area contributed by atoms with Crippen LogP contribution in [0.3, 0.4) is 0 Å². The van der Waals surface area contributed by atoms with Gasteiger partial charge in [0.05, 0.1) is 25.1 Å². The van der Waals surface area contributed by atoms with Gasteiger partial charge in [-0.15, -0.1) is 0 Å². The minimum atomic E-state index is -3.02. The quantitative estimate of drug-likeness (QED) is 0.0682. The van der Waals surface area contributed by atoms with Gasteiger partial charge in [-0.25, -0.2) is 15.0 Å². The summed E-state index contributed by atoms with van der Waals surface area (Å²) >= 11 is 0. The molecule has 358 valence electrons. The zero-order valence-corrected chi connectivity index (χ0v) is 42.4. The van der Waals surface area contributed by atoms with Gasteiger partial charge in [0.25, 0.3) is 8.32 Å². The highest BCUT2D eigenvalue weighted by Crippen LogP contribution is 2.43. The fourth-order valence-electron chi connectivity index (χ4n) is 10.7. The van der Waals surface area contributed by atoms with Gasteiger partial charge in [0.15, 0.2) is 11.5 Å². The molecule has 0 aliphatic rings. The van der Waals surface area contributed by atoms with Gasteiger partial charge in [0.2, 0.25) is 0 Å². The first-order valence-corrected chi connectivity index (χ1v) is 26.9. The molecule has 8 heteroatoms. The number of imidazole rings is 1. The Hall–Kier alpha value is -7.91. The number of benzene rings is 8. The van der Waals surface area contributed by atoms with Crippen LogP contribution in [0.15, 0.2) is 249 Å². The molecule has 10 aromatic rings. The third kappa shape index (κ3) is 9.51. The summed E-state index contributed by atoms with van der Waals surface area (Å²) in [6.07, 6.45) is 3.84. The molecule has 0 saturated heterocycles. The first kappa shape index (κ1) is 47.7. The number of nitrogens with one attached hydrogen (secondary N) is 1. The first-order chi connectivity index (χ1) is 35.3. The molecule has 2 aromatic heterocycles. The third-order valence-electron chi connectivity index (χ3n) is 14.1. The van der Waals surface area contributed by atoms with Crippen molar-refractivity contribution in [3.63, 3.8) is 0 Å². The molecule has 0 aliphatic carbocycles. The Labute approximate surface area is 425 Å². The number of aromatic nitrogens is 4. The topological polar surface area (TPSA) is 74.1 Å². The van der Waals surface area contributed by atoms with Crippen LogP contribution < -0.4 is 20.4 Å². The summed E-state index contributed by atoms with van der Waals surface area (Å²) in [6, 6.07) is 83.1. The van der Waals surface area contributed by atoms with Crippen LogP contribution in [0, 0.1) is 0 Å². The second-order valence-corrected chi connectivity index (χ2v) is 23.8. The molecule has 72 heavy (non-hydrogen) atoms. The molecule has 2 unspecified atom stereocenters. The van der Waals surface area contributed by atoms with Crippen molar-refractivity contribution in [1.82, 2.24) is 19.5 Å². The summed E-state index contributed by atoms with van der Waals surface area (Å²) in [7, 11) is -3.02. The molecule has 0 fully saturated rings. The number of nitrogens with zero attached hydrogens (tertiary/aromatic N) is 4. The van der Waals surface area contributed by atoms with Crippen molar-refractivity contribution in [2.45, 2.75) is 62.8 Å². The Morgan fingerprint density at radius 1 is 0.528 bits per heavy atom.